The third-order valence-corrected chi connectivity index (χ3v) is 8.32. The van der Waals surface area contributed by atoms with E-state index in [0.717, 1.165) is 41.3 Å². The highest BCUT2D eigenvalue weighted by Crippen LogP contribution is 2.32. The van der Waals surface area contributed by atoms with E-state index in [2.05, 4.69) is 4.90 Å². The number of hydrogen-bond acceptors (Lipinski definition) is 6. The molecule has 2 aliphatic rings. The molecule has 7 nitrogen and oxygen atoms in total. The zero-order chi connectivity index (χ0) is 25.2. The third kappa shape index (κ3) is 4.96. The Hall–Kier alpha value is -2.64. The molecule has 0 radical (unpaired) electrons. The Morgan fingerprint density at radius 1 is 1.11 bits per heavy atom. The Morgan fingerprint density at radius 3 is 2.78 bits per heavy atom. The van der Waals surface area contributed by atoms with Crippen molar-refractivity contribution >= 4 is 27.8 Å². The van der Waals surface area contributed by atoms with Crippen molar-refractivity contribution in [1.82, 2.24) is 9.80 Å². The topological polar surface area (TPSA) is 76.1 Å². The Kier molecular flexibility index (Phi) is 7.49. The molecule has 2 saturated heterocycles. The number of hydrogen-bond donors (Lipinski definition) is 0. The van der Waals surface area contributed by atoms with Crippen molar-refractivity contribution < 1.29 is 18.4 Å². The summed E-state index contributed by atoms with van der Waals surface area (Å²) in [5.74, 6) is 0.478. The van der Waals surface area contributed by atoms with Gasteiger partial charge in [0.15, 0.2) is 0 Å². The van der Waals surface area contributed by atoms with Crippen molar-refractivity contribution in [1.29, 1.82) is 0 Å². The molecule has 3 aromatic rings. The molecule has 2 aromatic heterocycles. The van der Waals surface area contributed by atoms with Crippen molar-refractivity contribution in [3.63, 3.8) is 0 Å². The molecule has 2 fully saturated rings. The van der Waals surface area contributed by atoms with Crippen LogP contribution in [0.4, 0.5) is 0 Å². The summed E-state index contributed by atoms with van der Waals surface area (Å²) < 4.78 is 16.5. The summed E-state index contributed by atoms with van der Waals surface area (Å²) in [5.41, 5.74) is 3.04. The molecule has 1 aromatic carbocycles. The number of nitrogens with zero attached hydrogens (tertiary/aromatic N) is 2. The van der Waals surface area contributed by atoms with Crippen LogP contribution in [-0.4, -0.2) is 61.6 Å². The molecule has 0 aliphatic carbocycles. The number of carbonyl (C=O) groups is 1. The van der Waals surface area contributed by atoms with Crippen LogP contribution in [0.1, 0.15) is 55.2 Å². The molecule has 0 bridgehead atoms. The molecule has 36 heavy (non-hydrogen) atoms. The van der Waals surface area contributed by atoms with Gasteiger partial charge in [0.25, 0.3) is 0 Å². The summed E-state index contributed by atoms with van der Waals surface area (Å²) in [6.45, 7) is 8.27. The maximum atomic E-state index is 13.7. The number of aryl methyl sites for hydroxylation is 2. The van der Waals surface area contributed by atoms with Gasteiger partial charge < -0.3 is 23.4 Å². The van der Waals surface area contributed by atoms with Crippen molar-refractivity contribution in [2.75, 3.05) is 39.9 Å². The lowest BCUT2D eigenvalue weighted by Gasteiger charge is -2.45. The van der Waals surface area contributed by atoms with Gasteiger partial charge in [-0.15, -0.1) is 0 Å². The van der Waals surface area contributed by atoms with Crippen LogP contribution in [0.25, 0.3) is 21.9 Å². The van der Waals surface area contributed by atoms with E-state index in [-0.39, 0.29) is 12.3 Å². The molecule has 0 spiro atoms. The van der Waals surface area contributed by atoms with Gasteiger partial charge in [-0.2, -0.15) is 0 Å². The van der Waals surface area contributed by atoms with Crippen LogP contribution in [0.3, 0.4) is 0 Å². The van der Waals surface area contributed by atoms with E-state index in [9.17, 15) is 9.59 Å². The van der Waals surface area contributed by atoms with Gasteiger partial charge in [-0.1, -0.05) is 6.42 Å². The summed E-state index contributed by atoms with van der Waals surface area (Å²) in [6, 6.07) is 4.35. The number of carbonyl (C=O) groups excluding carboxylic acids is 1. The smallest absolute Gasteiger partial charge is 0.340 e. The van der Waals surface area contributed by atoms with E-state index >= 15 is 0 Å². The lowest BCUT2D eigenvalue weighted by molar-refractivity contribution is -0.132. The van der Waals surface area contributed by atoms with Crippen molar-refractivity contribution in [3.05, 3.63) is 45.5 Å². The molecule has 4 heterocycles. The third-order valence-electron chi connectivity index (χ3n) is 8.32. The Labute approximate surface area is 212 Å². The first kappa shape index (κ1) is 25.0. The molecule has 1 amide bonds. The van der Waals surface area contributed by atoms with Crippen LogP contribution >= 0.6 is 0 Å². The molecule has 5 rings (SSSR count). The fraction of sp³-hybridized carbons (Fsp3) is 0.586. The lowest BCUT2D eigenvalue weighted by Crippen LogP contribution is -2.52. The van der Waals surface area contributed by atoms with Gasteiger partial charge in [-0.25, -0.2) is 4.79 Å². The minimum atomic E-state index is -0.441. The maximum Gasteiger partial charge on any atom is 0.340 e. The number of amides is 1. The number of furan rings is 1. The second-order valence-electron chi connectivity index (χ2n) is 10.6. The Morgan fingerprint density at radius 2 is 1.94 bits per heavy atom. The zero-order valence-electron chi connectivity index (χ0n) is 21.8. The molecule has 0 saturated carbocycles. The number of benzene rings is 1. The Balaban J connectivity index is 1.40. The first-order valence-corrected chi connectivity index (χ1v) is 13.4. The number of rotatable bonds is 8. The SMILES string of the molecule is COCCCN(C[C@@H]1CCCN2CCCC[C@H]12)C(=O)Cc1c(C)c2cc3c(C)coc3cc2oc1=O. The van der Waals surface area contributed by atoms with Crippen molar-refractivity contribution in [3.8, 4) is 0 Å². The second kappa shape index (κ2) is 10.8. The van der Waals surface area contributed by atoms with Crippen LogP contribution in [0.15, 0.2) is 32.0 Å². The van der Waals surface area contributed by atoms with E-state index in [4.69, 9.17) is 13.6 Å². The van der Waals surface area contributed by atoms with Gasteiger partial charge in [0, 0.05) is 49.7 Å². The molecular formula is C29H38N2O5. The molecule has 2 aliphatic heterocycles. The highest BCUT2D eigenvalue weighted by molar-refractivity contribution is 5.96. The zero-order valence-corrected chi connectivity index (χ0v) is 21.8. The minimum Gasteiger partial charge on any atom is -0.464 e. The second-order valence-corrected chi connectivity index (χ2v) is 10.6. The fourth-order valence-electron chi connectivity index (χ4n) is 6.30. The van der Waals surface area contributed by atoms with Gasteiger partial charge in [0.05, 0.1) is 18.2 Å². The average Bonchev–Trinajstić information content (AvgIpc) is 3.24. The van der Waals surface area contributed by atoms with Gasteiger partial charge in [-0.05, 0) is 82.2 Å². The van der Waals surface area contributed by atoms with E-state index in [0.29, 0.717) is 41.8 Å². The molecule has 2 atom stereocenters. The normalized spacial score (nSPS) is 20.6. The van der Waals surface area contributed by atoms with E-state index in [1.807, 2.05) is 24.8 Å². The highest BCUT2D eigenvalue weighted by atomic mass is 16.5. The van der Waals surface area contributed by atoms with Gasteiger partial charge in [0.2, 0.25) is 5.91 Å². The van der Waals surface area contributed by atoms with Crippen LogP contribution in [0.5, 0.6) is 0 Å². The number of fused-ring (bicyclic) bond motifs is 3. The van der Waals surface area contributed by atoms with Crippen molar-refractivity contribution in [2.45, 2.75) is 64.8 Å². The summed E-state index contributed by atoms with van der Waals surface area (Å²) in [4.78, 5) is 31.3. The fourth-order valence-corrected chi connectivity index (χ4v) is 6.30. The first-order chi connectivity index (χ1) is 17.5. The summed E-state index contributed by atoms with van der Waals surface area (Å²) >= 11 is 0. The Bertz CT molecular complexity index is 1290. The van der Waals surface area contributed by atoms with Gasteiger partial charge in [0.1, 0.15) is 11.2 Å². The van der Waals surface area contributed by atoms with Crippen LogP contribution in [0.2, 0.25) is 0 Å². The predicted octanol–water partition coefficient (Wildman–Crippen LogP) is 4.83. The van der Waals surface area contributed by atoms with E-state index in [1.165, 1.54) is 38.8 Å². The monoisotopic (exact) mass is 494 g/mol. The molecule has 194 valence electrons. The predicted molar refractivity (Wildman–Crippen MR) is 140 cm³/mol. The molecule has 0 N–H and O–H groups in total. The first-order valence-electron chi connectivity index (χ1n) is 13.4. The van der Waals surface area contributed by atoms with Crippen molar-refractivity contribution in [2.24, 2.45) is 5.92 Å². The van der Waals surface area contributed by atoms with Crippen LogP contribution in [0, 0.1) is 19.8 Å². The number of methoxy groups -OCH3 is 1. The van der Waals surface area contributed by atoms with Gasteiger partial charge in [-0.3, -0.25) is 4.79 Å². The standard InChI is InChI=1S/C29H38N2O5/c1-19-18-35-26-16-27-23(14-22(19)26)20(2)24(29(33)36-27)15-28(32)31(12-7-13-34-3)17-21-8-6-11-30-10-5-4-9-25(21)30/h14,16,18,21,25H,4-13,15,17H2,1-3H3/t21-,25+/m0/s1. The maximum absolute atomic E-state index is 13.7. The summed E-state index contributed by atoms with van der Waals surface area (Å²) in [7, 11) is 1.69. The number of piperidine rings is 2. The van der Waals surface area contributed by atoms with Crippen LogP contribution in [-0.2, 0) is 16.0 Å². The van der Waals surface area contributed by atoms with E-state index < -0.39 is 5.63 Å². The average molecular weight is 495 g/mol. The minimum absolute atomic E-state index is 0.00523. The quantitative estimate of drug-likeness (QED) is 0.330. The molecule has 7 heteroatoms. The number of ether oxygens (including phenoxy) is 1. The summed E-state index contributed by atoms with van der Waals surface area (Å²) in [5, 5.41) is 1.85. The largest absolute Gasteiger partial charge is 0.464 e. The molecule has 0 unspecified atom stereocenters. The highest BCUT2D eigenvalue weighted by Gasteiger charge is 2.34. The van der Waals surface area contributed by atoms with Crippen LogP contribution < -0.4 is 5.63 Å². The van der Waals surface area contributed by atoms with Gasteiger partial charge >= 0.3 is 5.63 Å². The summed E-state index contributed by atoms with van der Waals surface area (Å²) in [6.07, 6.45) is 8.67. The lowest BCUT2D eigenvalue weighted by atomic mass is 9.83. The van der Waals surface area contributed by atoms with E-state index in [1.54, 1.807) is 19.4 Å². The molecular weight excluding hydrogens is 456 g/mol.